The molecule has 0 bridgehead atoms. The van der Waals surface area contributed by atoms with Crippen molar-refractivity contribution in [1.82, 2.24) is 0 Å². The first kappa shape index (κ1) is 15.6. The fourth-order valence-electron chi connectivity index (χ4n) is 0. The van der Waals surface area contributed by atoms with Crippen LogP contribution in [0.5, 0.6) is 0 Å². The van der Waals surface area contributed by atoms with E-state index < -0.39 is 0 Å². The van der Waals surface area contributed by atoms with E-state index in [1.165, 1.54) is 0 Å². The van der Waals surface area contributed by atoms with Gasteiger partial charge in [-0.2, -0.15) is 0 Å². The Morgan fingerprint density at radius 1 is 1.25 bits per heavy atom. The molecule has 0 aliphatic heterocycles. The molecule has 0 nitrogen and oxygen atoms in total. The maximum atomic E-state index is 2.15. The summed E-state index contributed by atoms with van der Waals surface area (Å²) in [6.45, 7) is 0. The van der Waals surface area contributed by atoms with Crippen LogP contribution in [0.2, 0.25) is 0 Å². The topological polar surface area (TPSA) is 0 Å². The zero-order chi connectivity index (χ0) is 2.00. The third-order valence-corrected chi connectivity index (χ3v) is 0. The average Bonchev–Trinajstić information content (AvgIpc) is 1.00. The monoisotopic (exact) mass is 300 g/mol. The maximum absolute atomic E-state index is 2.15. The Labute approximate surface area is 106 Å². The van der Waals surface area contributed by atoms with Gasteiger partial charge in [0.1, 0.15) is 0 Å². The number of halogens is 2. The van der Waals surface area contributed by atoms with Gasteiger partial charge in [-0.15, -0.1) is 0 Å². The molecule has 0 amide bonds. The third kappa shape index (κ3) is 9.19. The molecule has 0 unspecified atom stereocenters. The number of rotatable bonds is 0. The van der Waals surface area contributed by atoms with Crippen LogP contribution in [0.4, 0.5) is 0 Å². The molecule has 0 radical (unpaired) electrons. The standard InChI is InChI=1S/2HI.K.Li/h2*1H;;/q;;2*+1/p-2. The van der Waals surface area contributed by atoms with Crippen molar-refractivity contribution >= 4 is 34.2 Å². The number of hydrogen-bond acceptors (Lipinski definition) is 0. The van der Waals surface area contributed by atoms with E-state index in [1.54, 1.807) is 0 Å². The molecule has 0 aromatic heterocycles. The van der Waals surface area contributed by atoms with Crippen molar-refractivity contribution in [3.63, 3.8) is 0 Å². The molecule has 16 valence electrons. The second-order valence-electron chi connectivity index (χ2n) is 0. The van der Waals surface area contributed by atoms with Gasteiger partial charge in [0.15, 0.2) is 0 Å². The van der Waals surface area contributed by atoms with Crippen LogP contribution < -0.4 is 75.4 Å². The van der Waals surface area contributed by atoms with Crippen molar-refractivity contribution in [1.29, 1.82) is 0 Å². The molecule has 0 saturated heterocycles. The molecular weight excluding hydrogens is 300 g/mol. The summed E-state index contributed by atoms with van der Waals surface area (Å²) in [5, 5.41) is 0. The van der Waals surface area contributed by atoms with Crippen LogP contribution in [-0.4, -0.2) is 14.3 Å². The fraction of sp³-hybridized carbons (Fsp3) is 0. The van der Waals surface area contributed by atoms with Gasteiger partial charge in [0.05, 0.1) is 0 Å². The van der Waals surface area contributed by atoms with Gasteiger partial charge in [0, 0.05) is 0 Å². The average molecular weight is 300 g/mol. The SMILES string of the molecule is [I-].[K+].[Li][I]. The van der Waals surface area contributed by atoms with Crippen LogP contribution in [0.3, 0.4) is 0 Å². The van der Waals surface area contributed by atoms with Crippen molar-refractivity contribution in [2.45, 2.75) is 0 Å². The Morgan fingerprint density at radius 2 is 1.25 bits per heavy atom. The van der Waals surface area contributed by atoms with Gasteiger partial charge in [-0.1, -0.05) is 0 Å². The molecule has 0 aromatic rings. The summed E-state index contributed by atoms with van der Waals surface area (Å²) >= 11 is 4.12. The normalized spacial score (nSPS) is 1.75. The first-order valence-corrected chi connectivity index (χ1v) is 2.54. The van der Waals surface area contributed by atoms with E-state index in [2.05, 4.69) is 19.9 Å². The van der Waals surface area contributed by atoms with E-state index >= 15 is 0 Å². The summed E-state index contributed by atoms with van der Waals surface area (Å²) < 4.78 is 0. The second kappa shape index (κ2) is 15.9. The Balaban J connectivity index is -0.00000000500. The van der Waals surface area contributed by atoms with Gasteiger partial charge >= 0.3 is 85.6 Å². The van der Waals surface area contributed by atoms with Gasteiger partial charge in [0.25, 0.3) is 0 Å². The van der Waals surface area contributed by atoms with E-state index in [-0.39, 0.29) is 75.4 Å². The van der Waals surface area contributed by atoms with E-state index in [1.807, 2.05) is 14.3 Å². The number of hydrogen-bond donors (Lipinski definition) is 0. The molecule has 4 heavy (non-hydrogen) atoms. The van der Waals surface area contributed by atoms with Crippen LogP contribution >= 0.6 is 19.9 Å². The summed E-state index contributed by atoms with van der Waals surface area (Å²) in [6, 6.07) is 0. The van der Waals surface area contributed by atoms with Gasteiger partial charge in [-0.3, -0.25) is 0 Å². The quantitative estimate of drug-likeness (QED) is 0.309. The minimum absolute atomic E-state index is 0. The molecule has 0 N–H and O–H groups in total. The Kier molecular flexibility index (Phi) is 62.2. The molecule has 0 atom stereocenters. The molecular formula is I2KLi. The summed E-state index contributed by atoms with van der Waals surface area (Å²) in [5.74, 6) is 0. The van der Waals surface area contributed by atoms with Crippen LogP contribution in [0.1, 0.15) is 0 Å². The van der Waals surface area contributed by atoms with Crippen molar-refractivity contribution in [3.8, 4) is 0 Å². The van der Waals surface area contributed by atoms with Crippen molar-refractivity contribution in [3.05, 3.63) is 0 Å². The summed E-state index contributed by atoms with van der Waals surface area (Å²) in [6.07, 6.45) is 0. The summed E-state index contributed by atoms with van der Waals surface area (Å²) in [5.41, 5.74) is 0. The first-order valence-electron chi connectivity index (χ1n) is 0.378. The van der Waals surface area contributed by atoms with Gasteiger partial charge in [0.2, 0.25) is 0 Å². The zero-order valence-corrected chi connectivity index (χ0v) is 10.2. The molecule has 0 aliphatic rings. The molecule has 0 aromatic carbocycles. The molecule has 0 fully saturated rings. The van der Waals surface area contributed by atoms with Crippen molar-refractivity contribution in [2.24, 2.45) is 0 Å². The van der Waals surface area contributed by atoms with Crippen LogP contribution in [0.15, 0.2) is 0 Å². The van der Waals surface area contributed by atoms with E-state index in [4.69, 9.17) is 0 Å². The third-order valence-electron chi connectivity index (χ3n) is 0. The van der Waals surface area contributed by atoms with Crippen molar-refractivity contribution in [2.75, 3.05) is 0 Å². The molecule has 0 rings (SSSR count). The molecule has 4 heteroatoms. The fourth-order valence-corrected chi connectivity index (χ4v) is 0. The molecule has 0 heterocycles. The second-order valence-corrected chi connectivity index (χ2v) is 0. The Hall–Kier alpha value is 3.69. The van der Waals surface area contributed by atoms with Crippen LogP contribution in [-0.2, 0) is 0 Å². The van der Waals surface area contributed by atoms with Gasteiger partial charge in [-0.05, 0) is 0 Å². The van der Waals surface area contributed by atoms with Crippen LogP contribution in [0, 0.1) is 0 Å². The van der Waals surface area contributed by atoms with E-state index in [0.29, 0.717) is 0 Å². The predicted molar refractivity (Wildman–Crippen MR) is 19.8 cm³/mol. The molecule has 0 aliphatic carbocycles. The van der Waals surface area contributed by atoms with Crippen molar-refractivity contribution < 1.29 is 75.4 Å². The Bertz CT molecular complexity index is 6.00. The Morgan fingerprint density at radius 3 is 1.25 bits per heavy atom. The summed E-state index contributed by atoms with van der Waals surface area (Å²) in [7, 11) is 0. The van der Waals surface area contributed by atoms with E-state index in [9.17, 15) is 0 Å². The minimum atomic E-state index is 0. The molecule has 0 saturated carbocycles. The van der Waals surface area contributed by atoms with Crippen LogP contribution in [0.25, 0.3) is 0 Å². The van der Waals surface area contributed by atoms with Gasteiger partial charge < -0.3 is 24.0 Å². The zero-order valence-electron chi connectivity index (χ0n) is 2.76. The predicted octanol–water partition coefficient (Wildman–Crippen LogP) is -5.49. The first-order chi connectivity index (χ1) is 1.00. The molecule has 0 spiro atoms. The van der Waals surface area contributed by atoms with Gasteiger partial charge in [-0.25, -0.2) is 0 Å². The summed E-state index contributed by atoms with van der Waals surface area (Å²) in [4.78, 5) is 0. The van der Waals surface area contributed by atoms with E-state index in [0.717, 1.165) is 0 Å².